The highest BCUT2D eigenvalue weighted by Gasteiger charge is 1.86. The molecule has 66 valence electrons. The molecule has 0 bridgehead atoms. The Labute approximate surface area is 69.3 Å². The van der Waals surface area contributed by atoms with Crippen molar-refractivity contribution in [2.75, 3.05) is 19.7 Å². The molecule has 0 amide bonds. The van der Waals surface area contributed by atoms with Gasteiger partial charge in [-0.2, -0.15) is 0 Å². The lowest BCUT2D eigenvalue weighted by Gasteiger charge is -2.01. The van der Waals surface area contributed by atoms with Crippen LogP contribution in [0.4, 0.5) is 0 Å². The summed E-state index contributed by atoms with van der Waals surface area (Å²) in [5.74, 6) is 0. The van der Waals surface area contributed by atoms with Gasteiger partial charge in [0.05, 0.1) is 0 Å². The highest BCUT2D eigenvalue weighted by atomic mass is 16.2. The fourth-order valence-corrected chi connectivity index (χ4v) is 0.858. The summed E-state index contributed by atoms with van der Waals surface area (Å²) < 4.78 is 0. The van der Waals surface area contributed by atoms with E-state index in [1.807, 2.05) is 6.08 Å². The Balaban J connectivity index is 2.74. The number of hydrogen-bond donors (Lipinski definition) is 2. The molecule has 0 aromatic rings. The van der Waals surface area contributed by atoms with Crippen molar-refractivity contribution < 1.29 is 5.11 Å². The van der Waals surface area contributed by atoms with Crippen LogP contribution in [-0.4, -0.2) is 24.8 Å². The molecule has 0 unspecified atom stereocenters. The first-order chi connectivity index (χ1) is 5.41. The first-order valence-corrected chi connectivity index (χ1v) is 4.34. The Morgan fingerprint density at radius 1 is 1.18 bits per heavy atom. The summed E-state index contributed by atoms with van der Waals surface area (Å²) in [6.07, 6.45) is 6.18. The standard InChI is InChI=1S/C9H19NO/c1-2-3-4-7-10-8-5-6-9-11/h2,10-11H,1,3-9H2. The van der Waals surface area contributed by atoms with Crippen LogP contribution in [0.2, 0.25) is 0 Å². The molecule has 2 N–H and O–H groups in total. The highest BCUT2D eigenvalue weighted by molar-refractivity contribution is 4.66. The maximum atomic E-state index is 8.47. The number of aliphatic hydroxyl groups excluding tert-OH is 1. The van der Waals surface area contributed by atoms with Crippen LogP contribution in [-0.2, 0) is 0 Å². The van der Waals surface area contributed by atoms with Gasteiger partial charge in [-0.3, -0.25) is 0 Å². The van der Waals surface area contributed by atoms with E-state index in [1.54, 1.807) is 0 Å². The van der Waals surface area contributed by atoms with Crippen LogP contribution in [0.3, 0.4) is 0 Å². The molecule has 0 aromatic carbocycles. The summed E-state index contributed by atoms with van der Waals surface area (Å²) in [5, 5.41) is 11.8. The molecule has 2 heteroatoms. The van der Waals surface area contributed by atoms with Gasteiger partial charge in [0.15, 0.2) is 0 Å². The van der Waals surface area contributed by atoms with Crippen molar-refractivity contribution in [3.63, 3.8) is 0 Å². The SMILES string of the molecule is C=CCCCNCCCCO. The second kappa shape index (κ2) is 9.66. The molecule has 0 spiro atoms. The number of allylic oxidation sites excluding steroid dienone is 1. The predicted molar refractivity (Wildman–Crippen MR) is 48.6 cm³/mol. The van der Waals surface area contributed by atoms with Crippen molar-refractivity contribution >= 4 is 0 Å². The second-order valence-corrected chi connectivity index (χ2v) is 2.61. The molecule has 0 fully saturated rings. The maximum absolute atomic E-state index is 8.47. The summed E-state index contributed by atoms with van der Waals surface area (Å²) in [5.41, 5.74) is 0. The fraction of sp³-hybridized carbons (Fsp3) is 0.778. The van der Waals surface area contributed by atoms with E-state index in [1.165, 1.54) is 6.42 Å². The Morgan fingerprint density at radius 3 is 2.55 bits per heavy atom. The van der Waals surface area contributed by atoms with Gasteiger partial charge in [0.1, 0.15) is 0 Å². The van der Waals surface area contributed by atoms with Crippen molar-refractivity contribution in [1.29, 1.82) is 0 Å². The minimum atomic E-state index is 0.314. The number of aliphatic hydroxyl groups is 1. The lowest BCUT2D eigenvalue weighted by atomic mass is 10.3. The molecule has 0 radical (unpaired) electrons. The molecule has 0 saturated heterocycles. The average Bonchev–Trinajstić information content (AvgIpc) is 2.03. The normalized spacial score (nSPS) is 9.91. The predicted octanol–water partition coefficient (Wildman–Crippen LogP) is 1.31. The minimum Gasteiger partial charge on any atom is -0.396 e. The fourth-order valence-electron chi connectivity index (χ4n) is 0.858. The molecule has 0 rings (SSSR count). The molecule has 0 aliphatic rings. The van der Waals surface area contributed by atoms with Crippen molar-refractivity contribution in [1.82, 2.24) is 5.32 Å². The van der Waals surface area contributed by atoms with Crippen LogP contribution in [0.1, 0.15) is 25.7 Å². The second-order valence-electron chi connectivity index (χ2n) is 2.61. The first-order valence-electron chi connectivity index (χ1n) is 4.34. The van der Waals surface area contributed by atoms with E-state index in [9.17, 15) is 0 Å². The minimum absolute atomic E-state index is 0.314. The zero-order valence-corrected chi connectivity index (χ0v) is 7.18. The third-order valence-corrected chi connectivity index (χ3v) is 1.52. The Kier molecular flexibility index (Phi) is 9.36. The largest absolute Gasteiger partial charge is 0.396 e. The lowest BCUT2D eigenvalue weighted by Crippen LogP contribution is -2.16. The molecule has 0 heterocycles. The van der Waals surface area contributed by atoms with Crippen LogP contribution in [0.5, 0.6) is 0 Å². The van der Waals surface area contributed by atoms with Crippen LogP contribution < -0.4 is 5.32 Å². The summed E-state index contributed by atoms with van der Waals surface area (Å²) in [6, 6.07) is 0. The quantitative estimate of drug-likeness (QED) is 0.411. The molecular formula is C9H19NO. The smallest absolute Gasteiger partial charge is 0.0431 e. The zero-order valence-electron chi connectivity index (χ0n) is 7.18. The third kappa shape index (κ3) is 9.66. The molecule has 11 heavy (non-hydrogen) atoms. The average molecular weight is 157 g/mol. The summed E-state index contributed by atoms with van der Waals surface area (Å²) in [6.45, 7) is 6.05. The maximum Gasteiger partial charge on any atom is 0.0431 e. The van der Waals surface area contributed by atoms with E-state index in [-0.39, 0.29) is 0 Å². The van der Waals surface area contributed by atoms with Crippen LogP contribution in [0.15, 0.2) is 12.7 Å². The van der Waals surface area contributed by atoms with Gasteiger partial charge in [-0.25, -0.2) is 0 Å². The van der Waals surface area contributed by atoms with Gasteiger partial charge in [-0.15, -0.1) is 6.58 Å². The topological polar surface area (TPSA) is 32.3 Å². The van der Waals surface area contributed by atoms with Gasteiger partial charge >= 0.3 is 0 Å². The molecule has 0 saturated carbocycles. The molecular weight excluding hydrogens is 138 g/mol. The number of rotatable bonds is 8. The van der Waals surface area contributed by atoms with Gasteiger partial charge in [0.2, 0.25) is 0 Å². The van der Waals surface area contributed by atoms with E-state index in [0.717, 1.165) is 32.4 Å². The van der Waals surface area contributed by atoms with Crippen LogP contribution in [0.25, 0.3) is 0 Å². The highest BCUT2D eigenvalue weighted by Crippen LogP contribution is 1.87. The van der Waals surface area contributed by atoms with Gasteiger partial charge in [-0.1, -0.05) is 6.08 Å². The van der Waals surface area contributed by atoms with E-state index in [2.05, 4.69) is 11.9 Å². The van der Waals surface area contributed by atoms with Crippen molar-refractivity contribution in [2.45, 2.75) is 25.7 Å². The van der Waals surface area contributed by atoms with Crippen molar-refractivity contribution in [3.05, 3.63) is 12.7 Å². The molecule has 0 atom stereocenters. The van der Waals surface area contributed by atoms with Gasteiger partial charge in [-0.05, 0) is 38.8 Å². The van der Waals surface area contributed by atoms with Crippen molar-refractivity contribution in [3.8, 4) is 0 Å². The summed E-state index contributed by atoms with van der Waals surface area (Å²) in [7, 11) is 0. The summed E-state index contributed by atoms with van der Waals surface area (Å²) >= 11 is 0. The third-order valence-electron chi connectivity index (χ3n) is 1.52. The lowest BCUT2D eigenvalue weighted by molar-refractivity contribution is 0.283. The monoisotopic (exact) mass is 157 g/mol. The number of hydrogen-bond acceptors (Lipinski definition) is 2. The molecule has 2 nitrogen and oxygen atoms in total. The molecule has 0 aromatic heterocycles. The zero-order chi connectivity index (χ0) is 8.36. The van der Waals surface area contributed by atoms with E-state index in [4.69, 9.17) is 5.11 Å². The van der Waals surface area contributed by atoms with E-state index >= 15 is 0 Å². The van der Waals surface area contributed by atoms with E-state index < -0.39 is 0 Å². The Morgan fingerprint density at radius 2 is 1.91 bits per heavy atom. The molecule has 0 aliphatic heterocycles. The Bertz CT molecular complexity index is 83.6. The van der Waals surface area contributed by atoms with E-state index in [0.29, 0.717) is 6.61 Å². The van der Waals surface area contributed by atoms with Gasteiger partial charge in [0.25, 0.3) is 0 Å². The van der Waals surface area contributed by atoms with Crippen molar-refractivity contribution in [2.24, 2.45) is 0 Å². The Hall–Kier alpha value is -0.340. The summed E-state index contributed by atoms with van der Waals surface area (Å²) in [4.78, 5) is 0. The van der Waals surface area contributed by atoms with Gasteiger partial charge in [0, 0.05) is 6.61 Å². The van der Waals surface area contributed by atoms with Gasteiger partial charge < -0.3 is 10.4 Å². The van der Waals surface area contributed by atoms with Crippen LogP contribution in [0, 0.1) is 0 Å². The van der Waals surface area contributed by atoms with Crippen LogP contribution >= 0.6 is 0 Å². The molecule has 0 aliphatic carbocycles. The number of nitrogens with one attached hydrogen (secondary N) is 1. The first kappa shape index (κ1) is 10.7. The number of unbranched alkanes of at least 4 members (excludes halogenated alkanes) is 2.